The van der Waals surface area contributed by atoms with Crippen molar-refractivity contribution in [3.05, 3.63) is 29.8 Å². The molecule has 0 amide bonds. The molecule has 0 bridgehead atoms. The lowest BCUT2D eigenvalue weighted by Gasteiger charge is -2.33. The maximum atomic E-state index is 11.4. The molecule has 128 valence electrons. The minimum atomic E-state index is -3.68. The van der Waals surface area contributed by atoms with Crippen LogP contribution in [0, 0.1) is 5.92 Å². The standard InChI is InChI=1S/C16H26N4O2S/c1-3-18-16(20-9-5-6-13(2)12-20)19-11-14-7-4-8-15(10-14)23(17,21)22/h4,7-8,10,13H,3,5-6,9,11-12H2,1-2H3,(H,18,19)(H2,17,21,22). The van der Waals surface area contributed by atoms with Crippen LogP contribution in [-0.2, 0) is 16.6 Å². The Morgan fingerprint density at radius 2 is 2.26 bits per heavy atom. The molecule has 1 heterocycles. The van der Waals surface area contributed by atoms with Crippen LogP contribution in [0.15, 0.2) is 34.2 Å². The molecule has 1 aromatic rings. The monoisotopic (exact) mass is 338 g/mol. The van der Waals surface area contributed by atoms with Gasteiger partial charge in [0.1, 0.15) is 0 Å². The second-order valence-corrected chi connectivity index (χ2v) is 7.62. The Hall–Kier alpha value is -1.60. The molecular weight excluding hydrogens is 312 g/mol. The van der Waals surface area contributed by atoms with Gasteiger partial charge < -0.3 is 10.2 Å². The Labute approximate surface area is 138 Å². The molecular formula is C16H26N4O2S. The molecule has 1 fully saturated rings. The number of primary sulfonamides is 1. The number of sulfonamides is 1. The zero-order valence-corrected chi connectivity index (χ0v) is 14.6. The van der Waals surface area contributed by atoms with E-state index in [2.05, 4.69) is 22.1 Å². The minimum Gasteiger partial charge on any atom is -0.357 e. The number of piperidine rings is 1. The molecule has 23 heavy (non-hydrogen) atoms. The van der Waals surface area contributed by atoms with E-state index in [0.717, 1.165) is 31.2 Å². The van der Waals surface area contributed by atoms with Gasteiger partial charge in [0.25, 0.3) is 0 Å². The largest absolute Gasteiger partial charge is 0.357 e. The summed E-state index contributed by atoms with van der Waals surface area (Å²) in [6.07, 6.45) is 2.43. The number of nitrogens with zero attached hydrogens (tertiary/aromatic N) is 2. The first kappa shape index (κ1) is 17.7. The van der Waals surface area contributed by atoms with Gasteiger partial charge in [0, 0.05) is 19.6 Å². The number of nitrogens with one attached hydrogen (secondary N) is 1. The highest BCUT2D eigenvalue weighted by Gasteiger charge is 2.19. The first-order chi connectivity index (χ1) is 10.9. The van der Waals surface area contributed by atoms with E-state index in [-0.39, 0.29) is 4.90 Å². The number of aliphatic imine (C=N–C) groups is 1. The number of guanidine groups is 1. The van der Waals surface area contributed by atoms with Crippen molar-refractivity contribution in [2.45, 2.75) is 38.1 Å². The van der Waals surface area contributed by atoms with Crippen molar-refractivity contribution in [3.63, 3.8) is 0 Å². The molecule has 6 nitrogen and oxygen atoms in total. The lowest BCUT2D eigenvalue weighted by Crippen LogP contribution is -2.46. The highest BCUT2D eigenvalue weighted by molar-refractivity contribution is 7.89. The topological polar surface area (TPSA) is 87.8 Å². The third-order valence-electron chi connectivity index (χ3n) is 3.93. The Bertz CT molecular complexity index is 658. The maximum absolute atomic E-state index is 11.4. The van der Waals surface area contributed by atoms with Crippen molar-refractivity contribution >= 4 is 16.0 Å². The van der Waals surface area contributed by atoms with Crippen LogP contribution in [0.5, 0.6) is 0 Å². The van der Waals surface area contributed by atoms with E-state index < -0.39 is 10.0 Å². The second-order valence-electron chi connectivity index (χ2n) is 6.06. The average Bonchev–Trinajstić information content (AvgIpc) is 2.51. The highest BCUT2D eigenvalue weighted by atomic mass is 32.2. The smallest absolute Gasteiger partial charge is 0.238 e. The van der Waals surface area contributed by atoms with Gasteiger partial charge >= 0.3 is 0 Å². The van der Waals surface area contributed by atoms with Crippen LogP contribution in [0.2, 0.25) is 0 Å². The highest BCUT2D eigenvalue weighted by Crippen LogP contribution is 2.16. The fraction of sp³-hybridized carbons (Fsp3) is 0.562. The van der Waals surface area contributed by atoms with Gasteiger partial charge in [-0.1, -0.05) is 19.1 Å². The molecule has 0 aromatic heterocycles. The third-order valence-corrected chi connectivity index (χ3v) is 4.84. The Kier molecular flexibility index (Phi) is 6.01. The van der Waals surface area contributed by atoms with Crippen molar-refractivity contribution in [3.8, 4) is 0 Å². The van der Waals surface area contributed by atoms with Crippen LogP contribution in [0.4, 0.5) is 0 Å². The van der Waals surface area contributed by atoms with Gasteiger partial charge in [0.05, 0.1) is 11.4 Å². The molecule has 2 rings (SSSR count). The summed E-state index contributed by atoms with van der Waals surface area (Å²) in [5, 5.41) is 8.50. The molecule has 0 aliphatic carbocycles. The van der Waals surface area contributed by atoms with E-state index in [0.29, 0.717) is 12.5 Å². The van der Waals surface area contributed by atoms with Crippen LogP contribution < -0.4 is 10.5 Å². The zero-order chi connectivity index (χ0) is 16.9. The van der Waals surface area contributed by atoms with Gasteiger partial charge in [-0.2, -0.15) is 0 Å². The van der Waals surface area contributed by atoms with Gasteiger partial charge in [0.2, 0.25) is 10.0 Å². The SMILES string of the molecule is CCNC(=NCc1cccc(S(N)(=O)=O)c1)N1CCCC(C)C1. The summed E-state index contributed by atoms with van der Waals surface area (Å²) in [7, 11) is -3.68. The van der Waals surface area contributed by atoms with E-state index in [1.807, 2.05) is 13.0 Å². The predicted molar refractivity (Wildman–Crippen MR) is 92.6 cm³/mol. The van der Waals surface area contributed by atoms with Gasteiger partial charge in [0.15, 0.2) is 5.96 Å². The van der Waals surface area contributed by atoms with Crippen molar-refractivity contribution < 1.29 is 8.42 Å². The Morgan fingerprint density at radius 1 is 1.48 bits per heavy atom. The third kappa shape index (κ3) is 5.21. The number of rotatable bonds is 4. The first-order valence-electron chi connectivity index (χ1n) is 8.05. The van der Waals surface area contributed by atoms with Gasteiger partial charge in [-0.3, -0.25) is 0 Å². The molecule has 0 radical (unpaired) electrons. The van der Waals surface area contributed by atoms with Gasteiger partial charge in [-0.05, 0) is 43.4 Å². The van der Waals surface area contributed by atoms with Crippen LogP contribution in [0.3, 0.4) is 0 Å². The van der Waals surface area contributed by atoms with Crippen molar-refractivity contribution in [2.24, 2.45) is 16.0 Å². The van der Waals surface area contributed by atoms with Gasteiger partial charge in [-0.15, -0.1) is 0 Å². The quantitative estimate of drug-likeness (QED) is 0.644. The summed E-state index contributed by atoms with van der Waals surface area (Å²) >= 11 is 0. The number of nitrogens with two attached hydrogens (primary N) is 1. The van der Waals surface area contributed by atoms with E-state index in [9.17, 15) is 8.42 Å². The lowest BCUT2D eigenvalue weighted by molar-refractivity contribution is 0.266. The molecule has 1 aliphatic heterocycles. The summed E-state index contributed by atoms with van der Waals surface area (Å²) in [6, 6.07) is 6.64. The summed E-state index contributed by atoms with van der Waals surface area (Å²) in [5.74, 6) is 1.55. The number of hydrogen-bond donors (Lipinski definition) is 2. The lowest BCUT2D eigenvalue weighted by atomic mass is 10.0. The maximum Gasteiger partial charge on any atom is 0.238 e. The van der Waals surface area contributed by atoms with Crippen LogP contribution >= 0.6 is 0 Å². The molecule has 0 spiro atoms. The molecule has 1 unspecified atom stereocenters. The summed E-state index contributed by atoms with van der Waals surface area (Å²) in [6.45, 7) is 7.55. The normalized spacial score (nSPS) is 19.7. The molecule has 7 heteroatoms. The van der Waals surface area contributed by atoms with Crippen molar-refractivity contribution in [1.82, 2.24) is 10.2 Å². The molecule has 1 saturated heterocycles. The fourth-order valence-electron chi connectivity index (χ4n) is 2.79. The van der Waals surface area contributed by atoms with Crippen LogP contribution in [0.25, 0.3) is 0 Å². The van der Waals surface area contributed by atoms with Crippen LogP contribution in [-0.4, -0.2) is 38.9 Å². The molecule has 1 aromatic carbocycles. The molecule has 0 saturated carbocycles. The first-order valence-corrected chi connectivity index (χ1v) is 9.59. The van der Waals surface area contributed by atoms with E-state index in [1.54, 1.807) is 12.1 Å². The molecule has 1 atom stereocenters. The van der Waals surface area contributed by atoms with E-state index in [1.165, 1.54) is 18.9 Å². The molecule has 3 N–H and O–H groups in total. The zero-order valence-electron chi connectivity index (χ0n) is 13.8. The Morgan fingerprint density at radius 3 is 2.91 bits per heavy atom. The minimum absolute atomic E-state index is 0.127. The molecule has 1 aliphatic rings. The van der Waals surface area contributed by atoms with E-state index in [4.69, 9.17) is 5.14 Å². The summed E-state index contributed by atoms with van der Waals surface area (Å²) < 4.78 is 22.9. The average molecular weight is 338 g/mol. The summed E-state index contributed by atoms with van der Waals surface area (Å²) in [4.78, 5) is 7.07. The predicted octanol–water partition coefficient (Wildman–Crippen LogP) is 1.53. The van der Waals surface area contributed by atoms with Crippen molar-refractivity contribution in [1.29, 1.82) is 0 Å². The number of benzene rings is 1. The number of likely N-dealkylation sites (tertiary alicyclic amines) is 1. The second kappa shape index (κ2) is 7.79. The van der Waals surface area contributed by atoms with Crippen molar-refractivity contribution in [2.75, 3.05) is 19.6 Å². The fourth-order valence-corrected chi connectivity index (χ4v) is 3.38. The Balaban J connectivity index is 2.14. The van der Waals surface area contributed by atoms with E-state index >= 15 is 0 Å². The number of hydrogen-bond acceptors (Lipinski definition) is 3. The summed E-state index contributed by atoms with van der Waals surface area (Å²) in [5.41, 5.74) is 0.831. The van der Waals surface area contributed by atoms with Gasteiger partial charge in [-0.25, -0.2) is 18.5 Å². The van der Waals surface area contributed by atoms with Crippen LogP contribution in [0.1, 0.15) is 32.3 Å².